The van der Waals surface area contributed by atoms with Crippen molar-refractivity contribution in [3.05, 3.63) is 42.9 Å². The zero-order valence-corrected chi connectivity index (χ0v) is 9.28. The standard InChI is InChI=1S/C12H9N5O/c18-9-3-1-2-8(6-9)11-15-12(17-16-11)10-7-13-4-5-14-10/h1-7,18H,(H,15,16,17). The zero-order chi connectivity index (χ0) is 12.4. The Bertz CT molecular complexity index is 665. The summed E-state index contributed by atoms with van der Waals surface area (Å²) in [6.07, 6.45) is 4.79. The SMILES string of the molecule is Oc1cccc(-c2n[nH]c(-c3cnccn3)n2)c1. The van der Waals surface area contributed by atoms with Crippen LogP contribution in [0.2, 0.25) is 0 Å². The molecule has 0 saturated heterocycles. The summed E-state index contributed by atoms with van der Waals surface area (Å²) >= 11 is 0. The Morgan fingerprint density at radius 3 is 2.89 bits per heavy atom. The fraction of sp³-hybridized carbons (Fsp3) is 0. The molecule has 0 fully saturated rings. The highest BCUT2D eigenvalue weighted by Crippen LogP contribution is 2.21. The van der Waals surface area contributed by atoms with Gasteiger partial charge >= 0.3 is 0 Å². The van der Waals surface area contributed by atoms with Crippen LogP contribution in [0, 0.1) is 0 Å². The van der Waals surface area contributed by atoms with Gasteiger partial charge in [0.25, 0.3) is 0 Å². The van der Waals surface area contributed by atoms with Gasteiger partial charge in [0.1, 0.15) is 11.4 Å². The van der Waals surface area contributed by atoms with Crippen LogP contribution >= 0.6 is 0 Å². The Morgan fingerprint density at radius 2 is 2.11 bits per heavy atom. The molecule has 6 heteroatoms. The first-order chi connectivity index (χ1) is 8.83. The molecule has 2 aromatic heterocycles. The molecule has 0 aliphatic heterocycles. The molecule has 0 aliphatic carbocycles. The zero-order valence-electron chi connectivity index (χ0n) is 9.28. The lowest BCUT2D eigenvalue weighted by atomic mass is 10.2. The molecule has 6 nitrogen and oxygen atoms in total. The van der Waals surface area contributed by atoms with Crippen molar-refractivity contribution >= 4 is 0 Å². The van der Waals surface area contributed by atoms with Gasteiger partial charge in [0, 0.05) is 18.0 Å². The maximum absolute atomic E-state index is 9.41. The molecule has 3 rings (SSSR count). The number of phenols is 1. The van der Waals surface area contributed by atoms with Crippen LogP contribution < -0.4 is 0 Å². The van der Waals surface area contributed by atoms with E-state index in [9.17, 15) is 5.11 Å². The fourth-order valence-corrected chi connectivity index (χ4v) is 1.57. The van der Waals surface area contributed by atoms with Crippen LogP contribution in [0.4, 0.5) is 0 Å². The molecule has 3 aromatic rings. The van der Waals surface area contributed by atoms with Crippen molar-refractivity contribution < 1.29 is 5.11 Å². The molecule has 18 heavy (non-hydrogen) atoms. The lowest BCUT2D eigenvalue weighted by Crippen LogP contribution is -1.86. The summed E-state index contributed by atoms with van der Waals surface area (Å²) in [5.74, 6) is 1.23. The molecule has 2 N–H and O–H groups in total. The number of rotatable bonds is 2. The van der Waals surface area contributed by atoms with E-state index in [1.165, 1.54) is 0 Å². The third-order valence-corrected chi connectivity index (χ3v) is 2.40. The van der Waals surface area contributed by atoms with Crippen LogP contribution in [-0.2, 0) is 0 Å². The predicted octanol–water partition coefficient (Wildman–Crippen LogP) is 1.63. The number of benzene rings is 1. The van der Waals surface area contributed by atoms with Gasteiger partial charge in [0.2, 0.25) is 0 Å². The minimum absolute atomic E-state index is 0.179. The number of aromatic hydroxyl groups is 1. The highest BCUT2D eigenvalue weighted by atomic mass is 16.3. The first kappa shape index (κ1) is 10.4. The van der Waals surface area contributed by atoms with Gasteiger partial charge in [-0.15, -0.1) is 0 Å². The number of phenolic OH excluding ortho intramolecular Hbond substituents is 1. The topological polar surface area (TPSA) is 87.6 Å². The second kappa shape index (κ2) is 4.25. The van der Waals surface area contributed by atoms with Crippen LogP contribution in [-0.4, -0.2) is 30.3 Å². The van der Waals surface area contributed by atoms with E-state index in [4.69, 9.17) is 0 Å². The summed E-state index contributed by atoms with van der Waals surface area (Å²) in [5.41, 5.74) is 1.36. The summed E-state index contributed by atoms with van der Waals surface area (Å²) in [6.45, 7) is 0. The number of hydrogen-bond acceptors (Lipinski definition) is 5. The molecule has 2 heterocycles. The minimum atomic E-state index is 0.179. The number of nitrogens with one attached hydrogen (secondary N) is 1. The highest BCUT2D eigenvalue weighted by molar-refractivity contribution is 5.60. The van der Waals surface area contributed by atoms with Gasteiger partial charge in [0.05, 0.1) is 6.20 Å². The number of aromatic amines is 1. The fourth-order valence-electron chi connectivity index (χ4n) is 1.57. The summed E-state index contributed by atoms with van der Waals surface area (Å²) in [7, 11) is 0. The van der Waals surface area contributed by atoms with E-state index in [0.29, 0.717) is 17.3 Å². The lowest BCUT2D eigenvalue weighted by Gasteiger charge is -1.95. The van der Waals surface area contributed by atoms with Gasteiger partial charge in [0.15, 0.2) is 11.6 Å². The molecule has 0 saturated carbocycles. The molecule has 0 radical (unpaired) electrons. The summed E-state index contributed by atoms with van der Waals surface area (Å²) in [5, 5.41) is 16.3. The molecule has 0 atom stereocenters. The van der Waals surface area contributed by atoms with E-state index in [0.717, 1.165) is 5.56 Å². The Morgan fingerprint density at radius 1 is 1.17 bits per heavy atom. The Hall–Kier alpha value is -2.76. The minimum Gasteiger partial charge on any atom is -0.508 e. The average Bonchev–Trinajstić information content (AvgIpc) is 2.89. The van der Waals surface area contributed by atoms with Crippen LogP contribution in [0.5, 0.6) is 5.75 Å². The van der Waals surface area contributed by atoms with E-state index in [1.807, 2.05) is 6.07 Å². The second-order valence-corrected chi connectivity index (χ2v) is 3.65. The Labute approximate surface area is 102 Å². The number of H-pyrrole nitrogens is 1. The molecule has 0 bridgehead atoms. The first-order valence-electron chi connectivity index (χ1n) is 5.31. The maximum atomic E-state index is 9.41. The monoisotopic (exact) mass is 239 g/mol. The van der Waals surface area contributed by atoms with Crippen LogP contribution in [0.15, 0.2) is 42.9 Å². The molecule has 1 aromatic carbocycles. The van der Waals surface area contributed by atoms with E-state index in [-0.39, 0.29) is 5.75 Å². The van der Waals surface area contributed by atoms with Gasteiger partial charge in [-0.05, 0) is 12.1 Å². The quantitative estimate of drug-likeness (QED) is 0.709. The lowest BCUT2D eigenvalue weighted by molar-refractivity contribution is 0.475. The smallest absolute Gasteiger partial charge is 0.181 e. The van der Waals surface area contributed by atoms with E-state index in [2.05, 4.69) is 25.1 Å². The van der Waals surface area contributed by atoms with Crippen LogP contribution in [0.1, 0.15) is 0 Å². The van der Waals surface area contributed by atoms with E-state index < -0.39 is 0 Å². The summed E-state index contributed by atoms with van der Waals surface area (Å²) in [6, 6.07) is 6.76. The molecular formula is C12H9N5O. The van der Waals surface area contributed by atoms with Crippen molar-refractivity contribution in [1.82, 2.24) is 25.1 Å². The second-order valence-electron chi connectivity index (χ2n) is 3.65. The van der Waals surface area contributed by atoms with Gasteiger partial charge < -0.3 is 5.11 Å². The van der Waals surface area contributed by atoms with Gasteiger partial charge in [-0.1, -0.05) is 12.1 Å². The Kier molecular flexibility index (Phi) is 2.45. The molecule has 88 valence electrons. The number of nitrogens with zero attached hydrogens (tertiary/aromatic N) is 4. The first-order valence-corrected chi connectivity index (χ1v) is 5.31. The molecular weight excluding hydrogens is 230 g/mol. The number of aromatic nitrogens is 5. The van der Waals surface area contributed by atoms with Crippen molar-refractivity contribution in [2.75, 3.05) is 0 Å². The number of hydrogen-bond donors (Lipinski definition) is 2. The third-order valence-electron chi connectivity index (χ3n) is 2.40. The van der Waals surface area contributed by atoms with Crippen LogP contribution in [0.25, 0.3) is 22.9 Å². The molecule has 0 spiro atoms. The predicted molar refractivity (Wildman–Crippen MR) is 64.5 cm³/mol. The molecule has 0 aliphatic rings. The van der Waals surface area contributed by atoms with Crippen molar-refractivity contribution in [3.63, 3.8) is 0 Å². The van der Waals surface area contributed by atoms with Crippen molar-refractivity contribution in [2.45, 2.75) is 0 Å². The van der Waals surface area contributed by atoms with Gasteiger partial charge in [-0.25, -0.2) is 9.97 Å². The molecule has 0 amide bonds. The largest absolute Gasteiger partial charge is 0.508 e. The Balaban J connectivity index is 2.00. The van der Waals surface area contributed by atoms with Crippen molar-refractivity contribution in [1.29, 1.82) is 0 Å². The molecule has 0 unspecified atom stereocenters. The third kappa shape index (κ3) is 1.91. The summed E-state index contributed by atoms with van der Waals surface area (Å²) < 4.78 is 0. The highest BCUT2D eigenvalue weighted by Gasteiger charge is 2.08. The average molecular weight is 239 g/mol. The maximum Gasteiger partial charge on any atom is 0.181 e. The van der Waals surface area contributed by atoms with Crippen molar-refractivity contribution in [2.24, 2.45) is 0 Å². The van der Waals surface area contributed by atoms with Gasteiger partial charge in [-0.3, -0.25) is 10.1 Å². The normalized spacial score (nSPS) is 10.4. The van der Waals surface area contributed by atoms with Crippen molar-refractivity contribution in [3.8, 4) is 28.7 Å². The van der Waals surface area contributed by atoms with E-state index >= 15 is 0 Å². The summed E-state index contributed by atoms with van der Waals surface area (Å²) in [4.78, 5) is 12.4. The van der Waals surface area contributed by atoms with Crippen LogP contribution in [0.3, 0.4) is 0 Å². The van der Waals surface area contributed by atoms with Gasteiger partial charge in [-0.2, -0.15) is 5.10 Å². The van der Waals surface area contributed by atoms with E-state index in [1.54, 1.807) is 36.8 Å².